The Bertz CT molecular complexity index is 3850. The van der Waals surface area contributed by atoms with Gasteiger partial charge >= 0.3 is 0 Å². The molecule has 320 valence electrons. The number of fused-ring (bicyclic) bond motifs is 15. The smallest absolute Gasteiger partial charge is 0.0727 e. The third kappa shape index (κ3) is 5.40. The highest BCUT2D eigenvalue weighted by Gasteiger charge is 2.54. The fourth-order valence-electron chi connectivity index (χ4n) is 12.4. The van der Waals surface area contributed by atoms with E-state index in [0.29, 0.717) is 0 Å². The van der Waals surface area contributed by atoms with E-state index in [0.717, 1.165) is 34.1 Å². The Morgan fingerprint density at radius 3 is 1.37 bits per heavy atom. The number of nitrogens with zero attached hydrogens (tertiary/aromatic N) is 2. The first-order valence-electron chi connectivity index (χ1n) is 23.8. The quantitative estimate of drug-likeness (QED) is 0.164. The fourth-order valence-corrected chi connectivity index (χ4v) is 12.4. The standard InChI is InChI=1S/C66H46N2/c1-65(2)57-30-16-13-27-52(57)55-41-56-53-28-14-17-31-58(53)66(61(56)42-60(55)65)59-32-18-15-29-54(59)64-62(66)39-51(67(47-23-5-3-6-24-47)49-35-33-43-19-9-11-21-45(43)37-49)40-63(64)68(48-25-7-4-8-26-48)50-36-34-44-20-10-12-22-46(44)38-50/h3-42H,1-2H3. The van der Waals surface area contributed by atoms with Crippen LogP contribution in [0, 0.1) is 0 Å². The lowest BCUT2D eigenvalue weighted by molar-refractivity contribution is 0.657. The third-order valence-corrected chi connectivity index (χ3v) is 15.4. The minimum Gasteiger partial charge on any atom is -0.310 e. The van der Waals surface area contributed by atoms with Gasteiger partial charge < -0.3 is 9.80 Å². The summed E-state index contributed by atoms with van der Waals surface area (Å²) in [5.74, 6) is 0. The van der Waals surface area contributed by atoms with Crippen LogP contribution in [0.15, 0.2) is 243 Å². The highest BCUT2D eigenvalue weighted by molar-refractivity contribution is 6.05. The molecule has 0 amide bonds. The van der Waals surface area contributed by atoms with Gasteiger partial charge in [0.2, 0.25) is 0 Å². The molecule has 0 radical (unpaired) electrons. The van der Waals surface area contributed by atoms with Crippen molar-refractivity contribution in [1.29, 1.82) is 0 Å². The summed E-state index contributed by atoms with van der Waals surface area (Å²) in [7, 11) is 0. The highest BCUT2D eigenvalue weighted by Crippen LogP contribution is 2.67. The number of hydrogen-bond acceptors (Lipinski definition) is 2. The zero-order valence-corrected chi connectivity index (χ0v) is 38.0. The van der Waals surface area contributed by atoms with Crippen molar-refractivity contribution in [3.8, 4) is 33.4 Å². The lowest BCUT2D eigenvalue weighted by atomic mass is 9.69. The van der Waals surface area contributed by atoms with Crippen LogP contribution in [0.4, 0.5) is 34.1 Å². The number of benzene rings is 11. The van der Waals surface area contributed by atoms with Crippen LogP contribution in [-0.2, 0) is 10.8 Å². The van der Waals surface area contributed by atoms with E-state index in [1.807, 2.05) is 0 Å². The summed E-state index contributed by atoms with van der Waals surface area (Å²) < 4.78 is 0. The molecule has 0 fully saturated rings. The second-order valence-corrected chi connectivity index (χ2v) is 19.2. The maximum Gasteiger partial charge on any atom is 0.0727 e. The van der Waals surface area contributed by atoms with Crippen molar-refractivity contribution in [2.45, 2.75) is 24.7 Å². The number of anilines is 6. The fraction of sp³-hybridized carbons (Fsp3) is 0.0606. The van der Waals surface area contributed by atoms with Gasteiger partial charge in [0.1, 0.15) is 0 Å². The molecule has 0 aromatic heterocycles. The number of rotatable bonds is 6. The van der Waals surface area contributed by atoms with Gasteiger partial charge in [-0.3, -0.25) is 0 Å². The van der Waals surface area contributed by atoms with E-state index in [4.69, 9.17) is 0 Å². The minimum atomic E-state index is -0.625. The first-order valence-corrected chi connectivity index (χ1v) is 23.8. The van der Waals surface area contributed by atoms with Crippen LogP contribution >= 0.6 is 0 Å². The van der Waals surface area contributed by atoms with Gasteiger partial charge in [0.25, 0.3) is 0 Å². The Morgan fingerprint density at radius 1 is 0.265 bits per heavy atom. The zero-order chi connectivity index (χ0) is 45.1. The molecule has 0 N–H and O–H groups in total. The third-order valence-electron chi connectivity index (χ3n) is 15.4. The van der Waals surface area contributed by atoms with Crippen molar-refractivity contribution in [2.75, 3.05) is 9.80 Å². The van der Waals surface area contributed by atoms with E-state index in [1.165, 1.54) is 88.3 Å². The Labute approximate surface area is 397 Å². The summed E-state index contributed by atoms with van der Waals surface area (Å²) in [5, 5.41) is 4.84. The van der Waals surface area contributed by atoms with Gasteiger partial charge in [-0.15, -0.1) is 0 Å². The first kappa shape index (κ1) is 38.8. The summed E-state index contributed by atoms with van der Waals surface area (Å²) in [5.41, 5.74) is 21.7. The van der Waals surface area contributed by atoms with Crippen LogP contribution < -0.4 is 9.80 Å². The van der Waals surface area contributed by atoms with Crippen molar-refractivity contribution in [1.82, 2.24) is 0 Å². The van der Waals surface area contributed by atoms with Gasteiger partial charge in [0, 0.05) is 39.4 Å². The molecule has 0 aliphatic heterocycles. The summed E-state index contributed by atoms with van der Waals surface area (Å²) in [4.78, 5) is 4.99. The lowest BCUT2D eigenvalue weighted by Gasteiger charge is -2.35. The van der Waals surface area contributed by atoms with Crippen LogP contribution in [0.5, 0.6) is 0 Å². The molecule has 1 spiro atoms. The van der Waals surface area contributed by atoms with E-state index >= 15 is 0 Å². The molecule has 0 bridgehead atoms. The molecule has 0 saturated heterocycles. The lowest BCUT2D eigenvalue weighted by Crippen LogP contribution is -2.27. The zero-order valence-electron chi connectivity index (χ0n) is 38.0. The van der Waals surface area contributed by atoms with E-state index in [9.17, 15) is 0 Å². The van der Waals surface area contributed by atoms with Crippen LogP contribution in [0.1, 0.15) is 47.2 Å². The largest absolute Gasteiger partial charge is 0.310 e. The van der Waals surface area contributed by atoms with Crippen LogP contribution in [0.25, 0.3) is 54.9 Å². The predicted molar refractivity (Wildman–Crippen MR) is 285 cm³/mol. The molecule has 3 aliphatic rings. The van der Waals surface area contributed by atoms with Crippen LogP contribution in [0.3, 0.4) is 0 Å². The summed E-state index contributed by atoms with van der Waals surface area (Å²) in [6, 6.07) is 90.8. The van der Waals surface area contributed by atoms with E-state index in [-0.39, 0.29) is 5.41 Å². The molecular weight excluding hydrogens is 821 g/mol. The molecule has 68 heavy (non-hydrogen) atoms. The average Bonchev–Trinajstić information content (AvgIpc) is 3.94. The Hall–Kier alpha value is -8.46. The topological polar surface area (TPSA) is 6.48 Å². The molecule has 2 heteroatoms. The summed E-state index contributed by atoms with van der Waals surface area (Å²) in [6.45, 7) is 4.82. The van der Waals surface area contributed by atoms with Crippen molar-refractivity contribution in [3.05, 3.63) is 276 Å². The van der Waals surface area contributed by atoms with Crippen molar-refractivity contribution in [2.24, 2.45) is 0 Å². The average molecular weight is 867 g/mol. The van der Waals surface area contributed by atoms with Crippen molar-refractivity contribution in [3.63, 3.8) is 0 Å². The molecule has 3 aliphatic carbocycles. The maximum absolute atomic E-state index is 2.61. The normalized spacial score (nSPS) is 15.4. The van der Waals surface area contributed by atoms with E-state index < -0.39 is 5.41 Å². The van der Waals surface area contributed by atoms with Gasteiger partial charge in [-0.05, 0) is 149 Å². The van der Waals surface area contributed by atoms with Crippen molar-refractivity contribution >= 4 is 55.7 Å². The number of hydrogen-bond donors (Lipinski definition) is 0. The maximum atomic E-state index is 2.61. The molecule has 14 rings (SSSR count). The SMILES string of the molecule is CC1(C)c2ccccc2-c2cc3c(cc21)C1(c2ccccc2-3)c2ccccc2-c2c(N(c3ccccc3)c3ccc4ccccc4c3)cc(N(c3ccccc3)c3ccc4ccccc4c3)cc21. The monoisotopic (exact) mass is 866 g/mol. The van der Waals surface area contributed by atoms with Crippen LogP contribution in [-0.4, -0.2) is 0 Å². The second kappa shape index (κ2) is 14.5. The predicted octanol–water partition coefficient (Wildman–Crippen LogP) is 17.6. The Morgan fingerprint density at radius 2 is 0.735 bits per heavy atom. The Kier molecular flexibility index (Phi) is 8.28. The first-order chi connectivity index (χ1) is 33.5. The van der Waals surface area contributed by atoms with Crippen molar-refractivity contribution < 1.29 is 0 Å². The van der Waals surface area contributed by atoms with Gasteiger partial charge in [0.05, 0.1) is 11.1 Å². The second-order valence-electron chi connectivity index (χ2n) is 19.2. The summed E-state index contributed by atoms with van der Waals surface area (Å²) in [6.07, 6.45) is 0. The van der Waals surface area contributed by atoms with Crippen LogP contribution in [0.2, 0.25) is 0 Å². The molecule has 11 aromatic rings. The molecular formula is C66H46N2. The van der Waals surface area contributed by atoms with E-state index in [1.54, 1.807) is 0 Å². The van der Waals surface area contributed by atoms with Gasteiger partial charge in [0.15, 0.2) is 0 Å². The highest BCUT2D eigenvalue weighted by atomic mass is 15.2. The molecule has 0 heterocycles. The molecule has 1 unspecified atom stereocenters. The van der Waals surface area contributed by atoms with Gasteiger partial charge in [-0.2, -0.15) is 0 Å². The summed E-state index contributed by atoms with van der Waals surface area (Å²) >= 11 is 0. The molecule has 11 aromatic carbocycles. The van der Waals surface area contributed by atoms with Gasteiger partial charge in [-0.1, -0.05) is 190 Å². The molecule has 0 saturated carbocycles. The minimum absolute atomic E-state index is 0.175. The Balaban J connectivity index is 1.14. The van der Waals surface area contributed by atoms with Gasteiger partial charge in [-0.25, -0.2) is 0 Å². The molecule has 1 atom stereocenters. The molecule has 2 nitrogen and oxygen atoms in total. The van der Waals surface area contributed by atoms with E-state index in [2.05, 4.69) is 266 Å². The number of para-hydroxylation sites is 2.